The Hall–Kier alpha value is -1.13. The lowest BCUT2D eigenvalue weighted by atomic mass is 9.71. The SMILES string of the molecule is O=C(/C=C/c1cccs1)N1CCC2(O)CCCCC2C1. The fourth-order valence-corrected chi connectivity index (χ4v) is 4.03. The van der Waals surface area contributed by atoms with E-state index in [2.05, 4.69) is 0 Å². The number of carbonyl (C=O) groups is 1. The van der Waals surface area contributed by atoms with Gasteiger partial charge in [0.2, 0.25) is 5.91 Å². The van der Waals surface area contributed by atoms with Gasteiger partial charge in [0, 0.05) is 30.0 Å². The molecule has 1 aliphatic carbocycles. The van der Waals surface area contributed by atoms with E-state index in [1.165, 1.54) is 6.42 Å². The van der Waals surface area contributed by atoms with Gasteiger partial charge >= 0.3 is 0 Å². The van der Waals surface area contributed by atoms with Crippen molar-refractivity contribution in [3.8, 4) is 0 Å². The van der Waals surface area contributed by atoms with E-state index in [-0.39, 0.29) is 11.8 Å². The minimum atomic E-state index is -0.507. The molecule has 0 spiro atoms. The number of thiophene rings is 1. The highest BCUT2D eigenvalue weighted by atomic mass is 32.1. The molecule has 3 rings (SSSR count). The van der Waals surface area contributed by atoms with Crippen LogP contribution in [0.5, 0.6) is 0 Å². The van der Waals surface area contributed by atoms with Gasteiger partial charge in [0.15, 0.2) is 0 Å². The van der Waals surface area contributed by atoms with Crippen LogP contribution in [0.15, 0.2) is 23.6 Å². The number of fused-ring (bicyclic) bond motifs is 1. The number of hydrogen-bond acceptors (Lipinski definition) is 3. The van der Waals surface area contributed by atoms with Crippen molar-refractivity contribution in [2.75, 3.05) is 13.1 Å². The van der Waals surface area contributed by atoms with Crippen LogP contribution in [0.3, 0.4) is 0 Å². The zero-order valence-corrected chi connectivity index (χ0v) is 12.4. The summed E-state index contributed by atoms with van der Waals surface area (Å²) < 4.78 is 0. The van der Waals surface area contributed by atoms with E-state index in [4.69, 9.17) is 0 Å². The van der Waals surface area contributed by atoms with Crippen LogP contribution in [0.1, 0.15) is 37.0 Å². The summed E-state index contributed by atoms with van der Waals surface area (Å²) in [6.07, 6.45) is 8.54. The van der Waals surface area contributed by atoms with Crippen LogP contribution in [0.2, 0.25) is 0 Å². The van der Waals surface area contributed by atoms with Gasteiger partial charge in [-0.25, -0.2) is 0 Å². The van der Waals surface area contributed by atoms with Gasteiger partial charge in [-0.2, -0.15) is 0 Å². The fourth-order valence-electron chi connectivity index (χ4n) is 3.42. The fraction of sp³-hybridized carbons (Fsp3) is 0.562. The maximum Gasteiger partial charge on any atom is 0.246 e. The first-order valence-electron chi connectivity index (χ1n) is 7.40. The number of aliphatic hydroxyl groups is 1. The van der Waals surface area contributed by atoms with Crippen molar-refractivity contribution in [2.45, 2.75) is 37.7 Å². The van der Waals surface area contributed by atoms with Gasteiger partial charge in [-0.05, 0) is 36.8 Å². The third-order valence-corrected chi connectivity index (χ3v) is 5.51. The highest BCUT2D eigenvalue weighted by Gasteiger charge is 2.43. The molecule has 2 atom stereocenters. The molecule has 0 bridgehead atoms. The minimum absolute atomic E-state index is 0.0750. The molecule has 0 radical (unpaired) electrons. The lowest BCUT2D eigenvalue weighted by Crippen LogP contribution is -2.54. The van der Waals surface area contributed by atoms with Gasteiger partial charge in [-0.15, -0.1) is 11.3 Å². The summed E-state index contributed by atoms with van der Waals surface area (Å²) in [5, 5.41) is 12.6. The van der Waals surface area contributed by atoms with Gasteiger partial charge in [-0.3, -0.25) is 4.79 Å². The molecule has 1 aromatic rings. The van der Waals surface area contributed by atoms with E-state index in [1.54, 1.807) is 17.4 Å². The van der Waals surface area contributed by atoms with E-state index in [0.717, 1.165) is 30.6 Å². The van der Waals surface area contributed by atoms with Crippen molar-refractivity contribution < 1.29 is 9.90 Å². The van der Waals surface area contributed by atoms with Crippen LogP contribution in [0, 0.1) is 5.92 Å². The standard InChI is InChI=1S/C16H21NO2S/c18-15(7-6-14-5-3-11-20-14)17-10-9-16(19)8-2-1-4-13(16)12-17/h3,5-7,11,13,19H,1-2,4,8-10,12H2/b7-6+. The van der Waals surface area contributed by atoms with Crippen molar-refractivity contribution in [3.63, 3.8) is 0 Å². The topological polar surface area (TPSA) is 40.5 Å². The highest BCUT2D eigenvalue weighted by molar-refractivity contribution is 7.10. The Morgan fingerprint density at radius 2 is 2.35 bits per heavy atom. The van der Waals surface area contributed by atoms with Crippen LogP contribution in [0.4, 0.5) is 0 Å². The molecule has 2 heterocycles. The largest absolute Gasteiger partial charge is 0.389 e. The molecule has 1 N–H and O–H groups in total. The van der Waals surface area contributed by atoms with E-state index in [0.29, 0.717) is 13.1 Å². The summed E-state index contributed by atoms with van der Waals surface area (Å²) in [5.74, 6) is 0.343. The first kappa shape index (κ1) is 13.8. The van der Waals surface area contributed by atoms with Crippen LogP contribution in [-0.2, 0) is 4.79 Å². The lowest BCUT2D eigenvalue weighted by Gasteiger charge is -2.47. The van der Waals surface area contributed by atoms with Gasteiger partial charge in [-0.1, -0.05) is 18.9 Å². The maximum atomic E-state index is 12.2. The van der Waals surface area contributed by atoms with Crippen molar-refractivity contribution in [2.24, 2.45) is 5.92 Å². The molecular formula is C16H21NO2S. The monoisotopic (exact) mass is 291 g/mol. The minimum Gasteiger partial charge on any atom is -0.389 e. The number of nitrogens with zero attached hydrogens (tertiary/aromatic N) is 1. The first-order valence-corrected chi connectivity index (χ1v) is 8.28. The van der Waals surface area contributed by atoms with Gasteiger partial charge in [0.05, 0.1) is 5.60 Å². The second kappa shape index (κ2) is 5.70. The van der Waals surface area contributed by atoms with E-state index in [1.807, 2.05) is 28.5 Å². The quantitative estimate of drug-likeness (QED) is 0.851. The molecule has 1 saturated heterocycles. The number of rotatable bonds is 2. The Morgan fingerprint density at radius 1 is 1.45 bits per heavy atom. The zero-order chi connectivity index (χ0) is 14.0. The number of amides is 1. The number of piperidine rings is 1. The normalized spacial score (nSPS) is 30.4. The van der Waals surface area contributed by atoms with E-state index >= 15 is 0 Å². The Labute approximate surface area is 123 Å². The zero-order valence-electron chi connectivity index (χ0n) is 11.6. The summed E-state index contributed by atoms with van der Waals surface area (Å²) >= 11 is 1.63. The predicted octanol–water partition coefficient (Wildman–Crippen LogP) is 2.91. The molecule has 1 aromatic heterocycles. The Morgan fingerprint density at radius 3 is 3.15 bits per heavy atom. The molecule has 2 fully saturated rings. The molecule has 2 unspecified atom stereocenters. The smallest absolute Gasteiger partial charge is 0.246 e. The van der Waals surface area contributed by atoms with Crippen molar-refractivity contribution in [3.05, 3.63) is 28.5 Å². The molecule has 1 aliphatic heterocycles. The first-order chi connectivity index (χ1) is 9.67. The third kappa shape index (κ3) is 2.81. The molecular weight excluding hydrogens is 270 g/mol. The van der Waals surface area contributed by atoms with Gasteiger partial charge in [0.25, 0.3) is 0 Å². The van der Waals surface area contributed by atoms with Crippen LogP contribution in [-0.4, -0.2) is 34.6 Å². The van der Waals surface area contributed by atoms with Crippen LogP contribution in [0.25, 0.3) is 6.08 Å². The second-order valence-electron chi connectivity index (χ2n) is 5.93. The van der Waals surface area contributed by atoms with Crippen molar-refractivity contribution in [1.82, 2.24) is 4.90 Å². The Bertz CT molecular complexity index is 497. The summed E-state index contributed by atoms with van der Waals surface area (Å²) in [4.78, 5) is 15.2. The second-order valence-corrected chi connectivity index (χ2v) is 6.91. The van der Waals surface area contributed by atoms with Crippen LogP contribution < -0.4 is 0 Å². The summed E-state index contributed by atoms with van der Waals surface area (Å²) in [5.41, 5.74) is -0.507. The van der Waals surface area contributed by atoms with E-state index in [9.17, 15) is 9.90 Å². The third-order valence-electron chi connectivity index (χ3n) is 4.67. The highest BCUT2D eigenvalue weighted by Crippen LogP contribution is 2.39. The molecule has 4 heteroatoms. The molecule has 2 aliphatic rings. The number of likely N-dealkylation sites (tertiary alicyclic amines) is 1. The van der Waals surface area contributed by atoms with Gasteiger partial charge < -0.3 is 10.0 Å². The van der Waals surface area contributed by atoms with Crippen LogP contribution >= 0.6 is 11.3 Å². The predicted molar refractivity (Wildman–Crippen MR) is 81.5 cm³/mol. The number of carbonyl (C=O) groups excluding carboxylic acids is 1. The summed E-state index contributed by atoms with van der Waals surface area (Å²) in [6, 6.07) is 3.99. The molecule has 1 saturated carbocycles. The number of hydrogen-bond donors (Lipinski definition) is 1. The Balaban J connectivity index is 1.62. The molecule has 1 amide bonds. The average molecular weight is 291 g/mol. The summed E-state index contributed by atoms with van der Waals surface area (Å²) in [6.45, 7) is 1.39. The summed E-state index contributed by atoms with van der Waals surface area (Å²) in [7, 11) is 0. The molecule has 0 aromatic carbocycles. The van der Waals surface area contributed by atoms with Crippen molar-refractivity contribution in [1.29, 1.82) is 0 Å². The Kier molecular flexibility index (Phi) is 3.94. The van der Waals surface area contributed by atoms with Gasteiger partial charge in [0.1, 0.15) is 0 Å². The maximum absolute atomic E-state index is 12.2. The lowest BCUT2D eigenvalue weighted by molar-refractivity contribution is -0.138. The molecule has 20 heavy (non-hydrogen) atoms. The molecule has 3 nitrogen and oxygen atoms in total. The van der Waals surface area contributed by atoms with E-state index < -0.39 is 5.60 Å². The average Bonchev–Trinajstić information content (AvgIpc) is 2.97. The van der Waals surface area contributed by atoms with Crippen molar-refractivity contribution >= 4 is 23.3 Å². The molecule has 108 valence electrons.